The Hall–Kier alpha value is -1.51. The quantitative estimate of drug-likeness (QED) is 0.877. The molecule has 21 heavy (non-hydrogen) atoms. The first-order chi connectivity index (χ1) is 10.1. The molecule has 1 aromatic carbocycles. The molecule has 1 aliphatic carbocycles. The van der Waals surface area contributed by atoms with Crippen LogP contribution in [0.25, 0.3) is 0 Å². The Kier molecular flexibility index (Phi) is 5.66. The largest absolute Gasteiger partial charge is 0.443 e. The van der Waals surface area contributed by atoms with Crippen molar-refractivity contribution in [2.45, 2.75) is 58.0 Å². The van der Waals surface area contributed by atoms with Crippen molar-refractivity contribution >= 4 is 6.09 Å². The van der Waals surface area contributed by atoms with Gasteiger partial charge in [-0.15, -0.1) is 0 Å². The second-order valence-corrected chi connectivity index (χ2v) is 6.49. The number of benzene rings is 1. The van der Waals surface area contributed by atoms with Crippen molar-refractivity contribution in [3.63, 3.8) is 0 Å². The number of hydrogen-bond donors (Lipinski definition) is 1. The Balaban J connectivity index is 1.73. The third-order valence-corrected chi connectivity index (χ3v) is 4.47. The minimum atomic E-state index is -0.364. The van der Waals surface area contributed by atoms with Gasteiger partial charge in [-0.1, -0.05) is 49.6 Å². The van der Waals surface area contributed by atoms with Crippen LogP contribution in [0.1, 0.15) is 51.5 Å². The molecule has 0 saturated heterocycles. The molecule has 3 heteroatoms. The van der Waals surface area contributed by atoms with E-state index in [4.69, 9.17) is 4.74 Å². The highest BCUT2D eigenvalue weighted by Gasteiger charge is 2.33. The van der Waals surface area contributed by atoms with Gasteiger partial charge in [-0.05, 0) is 44.6 Å². The fourth-order valence-corrected chi connectivity index (χ4v) is 3.11. The van der Waals surface area contributed by atoms with E-state index in [-0.39, 0.29) is 11.7 Å². The van der Waals surface area contributed by atoms with Crippen LogP contribution in [0.5, 0.6) is 0 Å². The molecular formula is C18H27NO2. The molecule has 2 rings (SSSR count). The number of carbonyl (C=O) groups excluding carboxylic acids is 1. The Morgan fingerprint density at radius 1 is 1.19 bits per heavy atom. The molecule has 0 radical (unpaired) electrons. The van der Waals surface area contributed by atoms with Gasteiger partial charge in [-0.2, -0.15) is 0 Å². The van der Waals surface area contributed by atoms with E-state index in [1.165, 1.54) is 37.7 Å². The topological polar surface area (TPSA) is 38.3 Å². The second-order valence-electron chi connectivity index (χ2n) is 6.49. The Labute approximate surface area is 128 Å². The Morgan fingerprint density at radius 3 is 2.52 bits per heavy atom. The summed E-state index contributed by atoms with van der Waals surface area (Å²) in [6.07, 6.45) is 6.71. The van der Waals surface area contributed by atoms with Gasteiger partial charge in [0.25, 0.3) is 0 Å². The monoisotopic (exact) mass is 289 g/mol. The molecule has 0 heterocycles. The molecule has 1 aromatic rings. The minimum absolute atomic E-state index is 0.290. The van der Waals surface area contributed by atoms with Crippen LogP contribution < -0.4 is 5.32 Å². The maximum Gasteiger partial charge on any atom is 0.407 e. The van der Waals surface area contributed by atoms with Crippen LogP contribution in [0.3, 0.4) is 0 Å². The van der Waals surface area contributed by atoms with E-state index in [9.17, 15) is 4.79 Å². The zero-order chi connectivity index (χ0) is 15.1. The average molecular weight is 289 g/mol. The molecule has 1 fully saturated rings. The molecule has 1 saturated carbocycles. The van der Waals surface area contributed by atoms with Gasteiger partial charge in [-0.3, -0.25) is 0 Å². The van der Waals surface area contributed by atoms with E-state index in [0.717, 1.165) is 6.42 Å². The predicted octanol–water partition coefficient (Wildman–Crippen LogP) is 4.31. The van der Waals surface area contributed by atoms with Gasteiger partial charge >= 0.3 is 6.09 Å². The highest BCUT2D eigenvalue weighted by Crippen LogP contribution is 2.34. The lowest BCUT2D eigenvalue weighted by molar-refractivity contribution is -0.0183. The number of amides is 1. The Bertz CT molecular complexity index is 436. The molecule has 3 nitrogen and oxygen atoms in total. The molecule has 0 spiro atoms. The van der Waals surface area contributed by atoms with Gasteiger partial charge in [0.15, 0.2) is 0 Å². The maximum absolute atomic E-state index is 12.0. The summed E-state index contributed by atoms with van der Waals surface area (Å²) in [6, 6.07) is 10.2. The van der Waals surface area contributed by atoms with E-state index < -0.39 is 0 Å². The van der Waals surface area contributed by atoms with E-state index in [1.807, 2.05) is 32.0 Å². The van der Waals surface area contributed by atoms with Crippen LogP contribution in [0.2, 0.25) is 0 Å². The molecule has 1 N–H and O–H groups in total. The SMILES string of the molecule is CC(C)(OC(=O)NCCc1ccccc1)C1CCCCC1. The van der Waals surface area contributed by atoms with Gasteiger partial charge in [0.05, 0.1) is 0 Å². The zero-order valence-corrected chi connectivity index (χ0v) is 13.2. The smallest absolute Gasteiger partial charge is 0.407 e. The Morgan fingerprint density at radius 2 is 1.86 bits per heavy atom. The van der Waals surface area contributed by atoms with Crippen molar-refractivity contribution in [2.75, 3.05) is 6.54 Å². The highest BCUT2D eigenvalue weighted by molar-refractivity contribution is 5.67. The molecule has 0 atom stereocenters. The lowest BCUT2D eigenvalue weighted by Gasteiger charge is -2.36. The molecule has 1 aliphatic rings. The summed E-state index contributed by atoms with van der Waals surface area (Å²) < 4.78 is 5.67. The molecule has 0 bridgehead atoms. The van der Waals surface area contributed by atoms with Gasteiger partial charge in [0, 0.05) is 6.54 Å². The van der Waals surface area contributed by atoms with Gasteiger partial charge < -0.3 is 10.1 Å². The number of carbonyl (C=O) groups is 1. The van der Waals surface area contributed by atoms with Crippen LogP contribution in [0.15, 0.2) is 30.3 Å². The molecule has 1 amide bonds. The summed E-state index contributed by atoms with van der Waals surface area (Å²) in [6.45, 7) is 4.70. The number of nitrogens with one attached hydrogen (secondary N) is 1. The van der Waals surface area contributed by atoms with E-state index in [1.54, 1.807) is 0 Å². The first-order valence-corrected chi connectivity index (χ1v) is 8.09. The summed E-state index contributed by atoms with van der Waals surface area (Å²) in [5, 5.41) is 2.87. The van der Waals surface area contributed by atoms with Crippen molar-refractivity contribution in [1.82, 2.24) is 5.32 Å². The van der Waals surface area contributed by atoms with Crippen molar-refractivity contribution < 1.29 is 9.53 Å². The van der Waals surface area contributed by atoms with Crippen molar-refractivity contribution in [1.29, 1.82) is 0 Å². The van der Waals surface area contributed by atoms with E-state index >= 15 is 0 Å². The summed E-state index contributed by atoms with van der Waals surface area (Å²) in [4.78, 5) is 12.0. The van der Waals surface area contributed by atoms with Crippen molar-refractivity contribution in [2.24, 2.45) is 5.92 Å². The normalized spacial score (nSPS) is 16.5. The van der Waals surface area contributed by atoms with Crippen molar-refractivity contribution in [3.05, 3.63) is 35.9 Å². The van der Waals surface area contributed by atoms with Gasteiger partial charge in [-0.25, -0.2) is 4.79 Å². The third-order valence-electron chi connectivity index (χ3n) is 4.47. The van der Waals surface area contributed by atoms with E-state index in [2.05, 4.69) is 17.4 Å². The van der Waals surface area contributed by atoms with Gasteiger partial charge in [0.1, 0.15) is 5.60 Å². The first-order valence-electron chi connectivity index (χ1n) is 8.09. The van der Waals surface area contributed by atoms with E-state index in [0.29, 0.717) is 12.5 Å². The summed E-state index contributed by atoms with van der Waals surface area (Å²) >= 11 is 0. The van der Waals surface area contributed by atoms with Crippen LogP contribution in [0, 0.1) is 5.92 Å². The highest BCUT2D eigenvalue weighted by atomic mass is 16.6. The number of hydrogen-bond acceptors (Lipinski definition) is 2. The molecule has 0 unspecified atom stereocenters. The summed E-state index contributed by atoms with van der Waals surface area (Å²) in [5.41, 5.74) is 0.862. The van der Waals surface area contributed by atoms with Crippen molar-refractivity contribution in [3.8, 4) is 0 Å². The molecule has 0 aromatic heterocycles. The number of ether oxygens (including phenoxy) is 1. The summed E-state index contributed by atoms with van der Waals surface area (Å²) in [7, 11) is 0. The zero-order valence-electron chi connectivity index (χ0n) is 13.2. The third kappa shape index (κ3) is 5.07. The maximum atomic E-state index is 12.0. The van der Waals surface area contributed by atoms with Crippen LogP contribution in [-0.2, 0) is 11.2 Å². The summed E-state index contributed by atoms with van der Waals surface area (Å²) in [5.74, 6) is 0.492. The fraction of sp³-hybridized carbons (Fsp3) is 0.611. The molecule has 0 aliphatic heterocycles. The minimum Gasteiger partial charge on any atom is -0.443 e. The van der Waals surface area contributed by atoms with Crippen LogP contribution in [-0.4, -0.2) is 18.2 Å². The standard InChI is InChI=1S/C18H27NO2/c1-18(2,16-11-7-4-8-12-16)21-17(20)19-14-13-15-9-5-3-6-10-15/h3,5-6,9-10,16H,4,7-8,11-14H2,1-2H3,(H,19,20). The van der Waals surface area contributed by atoms with Crippen LogP contribution in [0.4, 0.5) is 4.79 Å². The average Bonchev–Trinajstić information content (AvgIpc) is 2.49. The fourth-order valence-electron chi connectivity index (χ4n) is 3.11. The molecule has 116 valence electrons. The van der Waals surface area contributed by atoms with Crippen LogP contribution >= 0.6 is 0 Å². The first kappa shape index (κ1) is 15.9. The molecular weight excluding hydrogens is 262 g/mol. The number of alkyl carbamates (subject to hydrolysis) is 1. The second kappa shape index (κ2) is 7.48. The lowest BCUT2D eigenvalue weighted by atomic mass is 9.79. The lowest BCUT2D eigenvalue weighted by Crippen LogP contribution is -2.41. The number of rotatable bonds is 5. The van der Waals surface area contributed by atoms with Gasteiger partial charge in [0.2, 0.25) is 0 Å². The predicted molar refractivity (Wildman–Crippen MR) is 85.3 cm³/mol.